The molecule has 2 fully saturated rings. The van der Waals surface area contributed by atoms with Crippen LogP contribution >= 0.6 is 0 Å². The van der Waals surface area contributed by atoms with Gasteiger partial charge in [-0.25, -0.2) is 4.79 Å². The van der Waals surface area contributed by atoms with Crippen LogP contribution in [0.4, 0.5) is 0 Å². The van der Waals surface area contributed by atoms with E-state index in [0.717, 1.165) is 18.2 Å². The van der Waals surface area contributed by atoms with E-state index in [-0.39, 0.29) is 28.6 Å². The number of hydrogen-bond acceptors (Lipinski definition) is 18. The van der Waals surface area contributed by atoms with E-state index in [2.05, 4.69) is 0 Å². The topological polar surface area (TPSA) is 296 Å². The van der Waals surface area contributed by atoms with Crippen molar-refractivity contribution in [1.29, 1.82) is 0 Å². The molecule has 0 amide bonds. The molecule has 0 radical (unpaired) electrons. The number of aliphatic hydroxyl groups is 7. The summed E-state index contributed by atoms with van der Waals surface area (Å²) in [6, 6.07) is 12.0. The number of hydrogen-bond donors (Lipinski definition) is 10. The van der Waals surface area contributed by atoms with Crippen molar-refractivity contribution in [3.8, 4) is 40.1 Å². The zero-order valence-corrected chi connectivity index (χ0v) is 28.8. The predicted molar refractivity (Wildman–Crippen MR) is 186 cm³/mol. The molecule has 4 aromatic rings. The van der Waals surface area contributed by atoms with Gasteiger partial charge in [0.25, 0.3) is 0 Å². The zero-order valence-electron chi connectivity index (χ0n) is 28.8. The highest BCUT2D eigenvalue weighted by Gasteiger charge is 2.49. The maximum Gasteiger partial charge on any atom is 0.330 e. The van der Waals surface area contributed by atoms with Gasteiger partial charge < -0.3 is 79.2 Å². The fourth-order valence-electron chi connectivity index (χ4n) is 6.23. The number of carbonyl (C=O) groups is 1. The Hall–Kier alpha value is -5.28. The van der Waals surface area contributed by atoms with Gasteiger partial charge in [-0.1, -0.05) is 6.07 Å². The molecule has 294 valence electrons. The summed E-state index contributed by atoms with van der Waals surface area (Å²) in [5.74, 6) is -2.37. The summed E-state index contributed by atoms with van der Waals surface area (Å²) in [7, 11) is 1.35. The lowest BCUT2D eigenvalue weighted by Crippen LogP contribution is -2.60. The van der Waals surface area contributed by atoms with E-state index in [1.54, 1.807) is 0 Å². The Morgan fingerprint density at radius 2 is 1.49 bits per heavy atom. The van der Waals surface area contributed by atoms with Crippen LogP contribution < -0.4 is 14.9 Å². The van der Waals surface area contributed by atoms with E-state index in [9.17, 15) is 60.7 Å². The first-order valence-corrected chi connectivity index (χ1v) is 16.7. The molecule has 1 aromatic heterocycles. The molecule has 2 unspecified atom stereocenters. The van der Waals surface area contributed by atoms with Gasteiger partial charge in [-0.2, -0.15) is 0 Å². The Labute approximate surface area is 310 Å². The zero-order chi connectivity index (χ0) is 39.7. The van der Waals surface area contributed by atoms with Crippen molar-refractivity contribution in [2.75, 3.05) is 20.3 Å². The first-order valence-electron chi connectivity index (χ1n) is 16.7. The number of phenolic OH excluding ortho intramolecular Hbond substituents is 3. The highest BCUT2D eigenvalue weighted by atomic mass is 16.7. The molecule has 3 aromatic carbocycles. The second-order valence-corrected chi connectivity index (χ2v) is 12.8. The minimum Gasteiger partial charge on any atom is -0.508 e. The normalized spacial score (nSPS) is 28.3. The van der Waals surface area contributed by atoms with Crippen LogP contribution in [-0.4, -0.2) is 132 Å². The lowest BCUT2D eigenvalue weighted by atomic mass is 9.89. The second-order valence-electron chi connectivity index (χ2n) is 12.8. The number of ether oxygens (including phenoxy) is 5. The summed E-state index contributed by atoms with van der Waals surface area (Å²) < 4.78 is 33.5. The minimum absolute atomic E-state index is 0.0172. The van der Waals surface area contributed by atoms with Crippen LogP contribution in [0.3, 0.4) is 0 Å². The summed E-state index contributed by atoms with van der Waals surface area (Å²) in [4.78, 5) is 26.0. The maximum absolute atomic E-state index is 13.5. The van der Waals surface area contributed by atoms with Crippen molar-refractivity contribution in [2.45, 2.75) is 61.2 Å². The van der Waals surface area contributed by atoms with E-state index in [1.165, 1.54) is 55.7 Å². The molecule has 10 atom stereocenters. The van der Waals surface area contributed by atoms with Crippen molar-refractivity contribution in [3.63, 3.8) is 0 Å². The highest BCUT2D eigenvalue weighted by molar-refractivity contribution is 5.88. The lowest BCUT2D eigenvalue weighted by Gasteiger charge is -2.42. The molecule has 18 nitrogen and oxygen atoms in total. The quantitative estimate of drug-likeness (QED) is 0.0721. The fourth-order valence-corrected chi connectivity index (χ4v) is 6.23. The number of benzene rings is 3. The Balaban J connectivity index is 1.33. The van der Waals surface area contributed by atoms with Crippen LogP contribution in [-0.2, 0) is 19.0 Å². The number of aromatic hydroxyl groups is 3. The molecule has 55 heavy (non-hydrogen) atoms. The number of methoxy groups -OCH3 is 1. The van der Waals surface area contributed by atoms with E-state index in [0.29, 0.717) is 11.1 Å². The Bertz CT molecular complexity index is 2090. The Morgan fingerprint density at radius 3 is 2.18 bits per heavy atom. The average Bonchev–Trinajstić information content (AvgIpc) is 3.17. The minimum atomic E-state index is -2.01. The summed E-state index contributed by atoms with van der Waals surface area (Å²) >= 11 is 0. The smallest absolute Gasteiger partial charge is 0.330 e. The van der Waals surface area contributed by atoms with E-state index in [4.69, 9.17) is 28.1 Å². The Kier molecular flexibility index (Phi) is 11.6. The van der Waals surface area contributed by atoms with Crippen LogP contribution in [0, 0.1) is 0 Å². The van der Waals surface area contributed by atoms with Crippen molar-refractivity contribution < 1.29 is 84.0 Å². The maximum atomic E-state index is 13.5. The van der Waals surface area contributed by atoms with Crippen molar-refractivity contribution in [2.24, 2.45) is 0 Å². The standard InChI is InChI=1S/C37H38O18/c1-50-21-10-15(2-8-18(21)40)3-9-26(42)51-14-25-30(44)33(47)35(49)37(55-25)54-23-12-22-27(19(41)11-20(52-22)16-4-6-17(39)7-5-16)31(45)28(23)36-34(48)32(46)29(43)24(13-38)53-36/h2-12,24-25,29-30,32-40,43-49H,13-14H2,1H3/b9-3+/t24-,25?,29-,30-,32+,33+,34-,35-,36+,37?/m1/s1. The fraction of sp³-hybridized carbons (Fsp3) is 0.351. The van der Waals surface area contributed by atoms with Crippen LogP contribution in [0.1, 0.15) is 17.2 Å². The van der Waals surface area contributed by atoms with Gasteiger partial charge in [0, 0.05) is 23.8 Å². The number of rotatable bonds is 10. The molecule has 0 saturated carbocycles. The molecule has 2 saturated heterocycles. The molecule has 0 bridgehead atoms. The summed E-state index contributed by atoms with van der Waals surface area (Å²) in [6.07, 6.45) is -15.9. The van der Waals surface area contributed by atoms with Crippen LogP contribution in [0.2, 0.25) is 0 Å². The molecular weight excluding hydrogens is 732 g/mol. The number of fused-ring (bicyclic) bond motifs is 1. The summed E-state index contributed by atoms with van der Waals surface area (Å²) in [6.45, 7) is -1.53. The van der Waals surface area contributed by atoms with Crippen molar-refractivity contribution in [1.82, 2.24) is 0 Å². The number of esters is 1. The van der Waals surface area contributed by atoms with Gasteiger partial charge in [0.2, 0.25) is 6.29 Å². The number of phenols is 3. The monoisotopic (exact) mass is 770 g/mol. The van der Waals surface area contributed by atoms with Crippen molar-refractivity contribution in [3.05, 3.63) is 82.0 Å². The lowest BCUT2D eigenvalue weighted by molar-refractivity contribution is -0.279. The first-order chi connectivity index (χ1) is 26.2. The summed E-state index contributed by atoms with van der Waals surface area (Å²) in [5.41, 5.74) is -0.829. The van der Waals surface area contributed by atoms with Gasteiger partial charge in [0.1, 0.15) is 95.5 Å². The third kappa shape index (κ3) is 7.94. The number of aliphatic hydroxyl groups excluding tert-OH is 7. The van der Waals surface area contributed by atoms with Gasteiger partial charge in [0.15, 0.2) is 16.9 Å². The Morgan fingerprint density at radius 1 is 0.800 bits per heavy atom. The molecule has 10 N–H and O–H groups in total. The molecule has 2 aliphatic heterocycles. The molecule has 0 aliphatic carbocycles. The number of carbonyl (C=O) groups excluding carboxylic acids is 1. The van der Waals surface area contributed by atoms with Crippen molar-refractivity contribution >= 4 is 23.0 Å². The van der Waals surface area contributed by atoms with Crippen LogP contribution in [0.5, 0.6) is 28.7 Å². The van der Waals surface area contributed by atoms with Crippen LogP contribution in [0.15, 0.2) is 69.9 Å². The third-order valence-corrected chi connectivity index (χ3v) is 9.24. The van der Waals surface area contributed by atoms with Gasteiger partial charge in [0.05, 0.1) is 19.3 Å². The third-order valence-electron chi connectivity index (χ3n) is 9.24. The second kappa shape index (κ2) is 16.2. The largest absolute Gasteiger partial charge is 0.508 e. The van der Waals surface area contributed by atoms with E-state index < -0.39 is 108 Å². The van der Waals surface area contributed by atoms with Gasteiger partial charge >= 0.3 is 5.97 Å². The molecule has 18 heteroatoms. The average molecular weight is 771 g/mol. The highest BCUT2D eigenvalue weighted by Crippen LogP contribution is 2.46. The van der Waals surface area contributed by atoms with Crippen LogP contribution in [0.25, 0.3) is 28.4 Å². The van der Waals surface area contributed by atoms with E-state index in [1.807, 2.05) is 0 Å². The molecule has 2 aliphatic rings. The SMILES string of the molecule is COc1cc(/C=C/C(=O)OCC2OC(Oc3cc4oc(-c5ccc(O)cc5)cc(=O)c4c(O)c3[C@@H]3O[C@H](CO)[C@@H](O)[C@H](O)[C@H]3O)[C@H](O)[C@@H](O)[C@@H]2O)ccc1O. The van der Waals surface area contributed by atoms with Gasteiger partial charge in [-0.15, -0.1) is 0 Å². The van der Waals surface area contributed by atoms with Gasteiger partial charge in [-0.3, -0.25) is 4.79 Å². The first kappa shape index (κ1) is 39.4. The van der Waals surface area contributed by atoms with E-state index >= 15 is 0 Å². The molecule has 3 heterocycles. The molecular formula is C37H38O18. The summed E-state index contributed by atoms with van der Waals surface area (Å²) in [5, 5.41) is 105. The predicted octanol–water partition coefficient (Wildman–Crippen LogP) is -0.457. The van der Waals surface area contributed by atoms with Gasteiger partial charge in [-0.05, 0) is 48.0 Å². The molecule has 0 spiro atoms. The molecule has 6 rings (SSSR count).